The van der Waals surface area contributed by atoms with Gasteiger partial charge in [-0.25, -0.2) is 0 Å². The quantitative estimate of drug-likeness (QED) is 0.634. The number of nitrogens with zero attached hydrogens (tertiary/aromatic N) is 5. The van der Waals surface area contributed by atoms with E-state index in [1.165, 1.54) is 29.7 Å². The molecule has 1 amide bonds. The maximum Gasteiger partial charge on any atom is 0.222 e. The van der Waals surface area contributed by atoms with E-state index in [4.69, 9.17) is 0 Å². The Morgan fingerprint density at radius 1 is 1.03 bits per heavy atom. The lowest BCUT2D eigenvalue weighted by Gasteiger charge is -2.36. The second kappa shape index (κ2) is 11.1. The van der Waals surface area contributed by atoms with Crippen molar-refractivity contribution < 1.29 is 4.79 Å². The number of rotatable bonds is 8. The first-order chi connectivity index (χ1) is 15.6. The van der Waals surface area contributed by atoms with E-state index in [0.29, 0.717) is 18.2 Å². The third-order valence-electron chi connectivity index (χ3n) is 7.24. The van der Waals surface area contributed by atoms with Crippen molar-refractivity contribution in [3.63, 3.8) is 0 Å². The van der Waals surface area contributed by atoms with Gasteiger partial charge in [0.2, 0.25) is 5.91 Å². The molecule has 174 valence electrons. The first kappa shape index (κ1) is 23.0. The summed E-state index contributed by atoms with van der Waals surface area (Å²) in [6.45, 7) is 13.2. The van der Waals surface area contributed by atoms with E-state index in [1.807, 2.05) is 6.20 Å². The highest BCUT2D eigenvalue weighted by atomic mass is 16.2. The highest BCUT2D eigenvalue weighted by Gasteiger charge is 2.25. The van der Waals surface area contributed by atoms with E-state index in [1.54, 1.807) is 0 Å². The van der Waals surface area contributed by atoms with Gasteiger partial charge >= 0.3 is 0 Å². The van der Waals surface area contributed by atoms with E-state index in [9.17, 15) is 4.79 Å². The Hall–Kier alpha value is -2.18. The summed E-state index contributed by atoms with van der Waals surface area (Å²) in [6.07, 6.45) is 6.24. The summed E-state index contributed by atoms with van der Waals surface area (Å²) in [4.78, 5) is 19.9. The van der Waals surface area contributed by atoms with E-state index in [-0.39, 0.29) is 0 Å². The van der Waals surface area contributed by atoms with Gasteiger partial charge < -0.3 is 4.90 Å². The first-order valence-electron chi connectivity index (χ1n) is 12.4. The van der Waals surface area contributed by atoms with Gasteiger partial charge in [0, 0.05) is 70.0 Å². The molecule has 1 aromatic carbocycles. The highest BCUT2D eigenvalue weighted by molar-refractivity contribution is 5.76. The molecule has 2 saturated heterocycles. The van der Waals surface area contributed by atoms with Crippen LogP contribution < -0.4 is 0 Å². The van der Waals surface area contributed by atoms with Gasteiger partial charge in [-0.05, 0) is 51.1 Å². The molecule has 6 nitrogen and oxygen atoms in total. The molecule has 2 fully saturated rings. The molecule has 4 rings (SSSR count). The first-order valence-corrected chi connectivity index (χ1v) is 12.4. The number of amides is 1. The number of carbonyl (C=O) groups is 1. The van der Waals surface area contributed by atoms with Crippen LogP contribution in [0.15, 0.2) is 36.5 Å². The average Bonchev–Trinajstić information content (AvgIpc) is 3.18. The summed E-state index contributed by atoms with van der Waals surface area (Å²) in [7, 11) is 0. The predicted octanol–water partition coefficient (Wildman–Crippen LogP) is 3.55. The topological polar surface area (TPSA) is 44.6 Å². The van der Waals surface area contributed by atoms with E-state index in [2.05, 4.69) is 68.7 Å². The van der Waals surface area contributed by atoms with Gasteiger partial charge in [0.25, 0.3) is 0 Å². The molecule has 1 unspecified atom stereocenters. The molecule has 0 aliphatic carbocycles. The Bertz CT molecular complexity index is 856. The molecule has 0 spiro atoms. The summed E-state index contributed by atoms with van der Waals surface area (Å²) in [5.74, 6) is 0.982. The second-order valence-corrected chi connectivity index (χ2v) is 9.50. The normalized spacial score (nSPS) is 20.6. The molecule has 3 heterocycles. The molecule has 2 aliphatic heterocycles. The standard InChI is InChI=1S/C26H39N5O/c1-3-31-22(2)25(18-27-31)21-29-13-7-10-24(20-29)11-12-26(32)30-16-14-28(15-17-30)19-23-8-5-4-6-9-23/h4-6,8-9,18,24H,3,7,10-17,19-21H2,1-2H3. The number of aromatic nitrogens is 2. The minimum atomic E-state index is 0.349. The van der Waals surface area contributed by atoms with Crippen molar-refractivity contribution in [3.8, 4) is 0 Å². The monoisotopic (exact) mass is 437 g/mol. The Labute approximate surface area is 193 Å². The molecule has 32 heavy (non-hydrogen) atoms. The van der Waals surface area contributed by atoms with Crippen molar-refractivity contribution in [1.29, 1.82) is 0 Å². The molecular weight excluding hydrogens is 398 g/mol. The van der Waals surface area contributed by atoms with Crippen LogP contribution in [0.4, 0.5) is 0 Å². The average molecular weight is 438 g/mol. The van der Waals surface area contributed by atoms with E-state index in [0.717, 1.165) is 65.3 Å². The smallest absolute Gasteiger partial charge is 0.222 e. The van der Waals surface area contributed by atoms with Gasteiger partial charge in [0.15, 0.2) is 0 Å². The fraction of sp³-hybridized carbons (Fsp3) is 0.615. The van der Waals surface area contributed by atoms with Crippen molar-refractivity contribution >= 4 is 5.91 Å². The van der Waals surface area contributed by atoms with E-state index < -0.39 is 0 Å². The predicted molar refractivity (Wildman–Crippen MR) is 128 cm³/mol. The fourth-order valence-electron chi connectivity index (χ4n) is 5.21. The Morgan fingerprint density at radius 3 is 2.53 bits per heavy atom. The largest absolute Gasteiger partial charge is 0.340 e. The number of aryl methyl sites for hydroxylation is 1. The van der Waals surface area contributed by atoms with Crippen LogP contribution in [0.2, 0.25) is 0 Å². The van der Waals surface area contributed by atoms with E-state index >= 15 is 0 Å². The lowest BCUT2D eigenvalue weighted by molar-refractivity contribution is -0.133. The molecule has 2 aromatic rings. The van der Waals surface area contributed by atoms with Gasteiger partial charge in [-0.3, -0.25) is 19.3 Å². The number of likely N-dealkylation sites (tertiary alicyclic amines) is 1. The van der Waals surface area contributed by atoms with Crippen LogP contribution in [0.3, 0.4) is 0 Å². The maximum atomic E-state index is 12.8. The summed E-state index contributed by atoms with van der Waals surface area (Å²) < 4.78 is 2.08. The molecule has 0 radical (unpaired) electrons. The van der Waals surface area contributed by atoms with Crippen LogP contribution >= 0.6 is 0 Å². The second-order valence-electron chi connectivity index (χ2n) is 9.50. The number of piperazine rings is 1. The summed E-state index contributed by atoms with van der Waals surface area (Å²) in [6, 6.07) is 10.6. The van der Waals surface area contributed by atoms with Gasteiger partial charge in [-0.15, -0.1) is 0 Å². The molecule has 0 saturated carbocycles. The zero-order valence-electron chi connectivity index (χ0n) is 19.9. The van der Waals surface area contributed by atoms with Crippen LogP contribution in [0.1, 0.15) is 49.4 Å². The number of hydrogen-bond acceptors (Lipinski definition) is 4. The zero-order chi connectivity index (χ0) is 22.3. The van der Waals surface area contributed by atoms with Crippen molar-refractivity contribution in [2.75, 3.05) is 39.3 Å². The Morgan fingerprint density at radius 2 is 1.81 bits per heavy atom. The molecule has 1 aromatic heterocycles. The van der Waals surface area contributed by atoms with Crippen LogP contribution in [-0.4, -0.2) is 69.7 Å². The number of benzene rings is 1. The van der Waals surface area contributed by atoms with Crippen molar-refractivity contribution in [3.05, 3.63) is 53.3 Å². The Kier molecular flexibility index (Phi) is 7.98. The zero-order valence-corrected chi connectivity index (χ0v) is 19.9. The molecule has 2 aliphatic rings. The SMILES string of the molecule is CCn1ncc(CN2CCCC(CCC(=O)N3CCN(Cc4ccccc4)CC3)C2)c1C. The van der Waals surface area contributed by atoms with Crippen LogP contribution in [0.25, 0.3) is 0 Å². The maximum absolute atomic E-state index is 12.8. The van der Waals surface area contributed by atoms with Gasteiger partial charge in [0.05, 0.1) is 6.20 Å². The summed E-state index contributed by atoms with van der Waals surface area (Å²) >= 11 is 0. The third-order valence-corrected chi connectivity index (χ3v) is 7.24. The molecule has 1 atom stereocenters. The minimum Gasteiger partial charge on any atom is -0.340 e. The molecular formula is C26H39N5O. The lowest BCUT2D eigenvalue weighted by Crippen LogP contribution is -2.48. The van der Waals surface area contributed by atoms with Crippen LogP contribution in [0, 0.1) is 12.8 Å². The summed E-state index contributed by atoms with van der Waals surface area (Å²) in [5, 5.41) is 4.50. The van der Waals surface area contributed by atoms with Crippen LogP contribution in [-0.2, 0) is 24.4 Å². The van der Waals surface area contributed by atoms with Gasteiger partial charge in [-0.2, -0.15) is 5.10 Å². The minimum absolute atomic E-state index is 0.349. The number of hydrogen-bond donors (Lipinski definition) is 0. The summed E-state index contributed by atoms with van der Waals surface area (Å²) in [5.41, 5.74) is 3.99. The third kappa shape index (κ3) is 5.99. The number of piperidine rings is 1. The van der Waals surface area contributed by atoms with Gasteiger partial charge in [-0.1, -0.05) is 30.3 Å². The van der Waals surface area contributed by atoms with Gasteiger partial charge in [0.1, 0.15) is 0 Å². The molecule has 6 heteroatoms. The van der Waals surface area contributed by atoms with Crippen molar-refractivity contribution in [1.82, 2.24) is 24.5 Å². The Balaban J connectivity index is 1.18. The molecule has 0 bridgehead atoms. The fourth-order valence-corrected chi connectivity index (χ4v) is 5.21. The van der Waals surface area contributed by atoms with Crippen LogP contribution in [0.5, 0.6) is 0 Å². The van der Waals surface area contributed by atoms with Crippen molar-refractivity contribution in [2.45, 2.75) is 59.2 Å². The molecule has 0 N–H and O–H groups in total. The van der Waals surface area contributed by atoms with Crippen molar-refractivity contribution in [2.24, 2.45) is 5.92 Å². The lowest BCUT2D eigenvalue weighted by atomic mass is 9.93. The highest BCUT2D eigenvalue weighted by Crippen LogP contribution is 2.24. The number of carbonyl (C=O) groups excluding carboxylic acids is 1.